The first kappa shape index (κ1) is 29.8. The minimum absolute atomic E-state index is 0. The van der Waals surface area contributed by atoms with Crippen LogP contribution >= 0.6 is 0 Å². The van der Waals surface area contributed by atoms with E-state index in [-0.39, 0.29) is 25.1 Å². The fourth-order valence-electron chi connectivity index (χ4n) is 4.50. The Balaban J connectivity index is 0.00000135. The third kappa shape index (κ3) is 8.05. The molecule has 7 nitrogen and oxygen atoms in total. The molecule has 0 amide bonds. The van der Waals surface area contributed by atoms with Gasteiger partial charge in [-0.3, -0.25) is 4.79 Å². The highest BCUT2D eigenvalue weighted by Crippen LogP contribution is 2.32. The molecule has 206 valence electrons. The molecule has 2 heterocycles. The van der Waals surface area contributed by atoms with E-state index in [1.54, 1.807) is 12.1 Å². The number of hydrogen-bond acceptors (Lipinski definition) is 7. The van der Waals surface area contributed by atoms with E-state index in [1.165, 1.54) is 14.2 Å². The molecule has 1 aromatic carbocycles. The van der Waals surface area contributed by atoms with Gasteiger partial charge in [-0.15, -0.1) is 5.73 Å². The summed E-state index contributed by atoms with van der Waals surface area (Å²) in [5.74, 6) is -3.78. The van der Waals surface area contributed by atoms with Crippen molar-refractivity contribution < 1.29 is 28.9 Å². The molecule has 2 saturated heterocycles. The van der Waals surface area contributed by atoms with Crippen LogP contribution in [0.2, 0.25) is 0 Å². The van der Waals surface area contributed by atoms with Crippen LogP contribution in [0.1, 0.15) is 40.1 Å². The summed E-state index contributed by atoms with van der Waals surface area (Å²) in [6, 6.07) is 5.50. The van der Waals surface area contributed by atoms with Crippen LogP contribution in [-0.2, 0) is 20.7 Å². The summed E-state index contributed by atoms with van der Waals surface area (Å²) in [5, 5.41) is 3.32. The highest BCUT2D eigenvalue weighted by Gasteiger charge is 2.35. The lowest BCUT2D eigenvalue weighted by atomic mass is 10.0. The number of nitrogens with one attached hydrogen (secondary N) is 1. The Morgan fingerprint density at radius 1 is 1.30 bits per heavy atom. The van der Waals surface area contributed by atoms with Gasteiger partial charge in [-0.1, -0.05) is 26.1 Å². The Labute approximate surface area is 218 Å². The molecule has 2 fully saturated rings. The molecule has 0 bridgehead atoms. The summed E-state index contributed by atoms with van der Waals surface area (Å²) < 4.78 is 50.2. The monoisotopic (exact) mass is 524 g/mol. The second-order valence-corrected chi connectivity index (χ2v) is 8.88. The summed E-state index contributed by atoms with van der Waals surface area (Å²) in [4.78, 5) is 17.0. The number of rotatable bonds is 8. The first-order valence-electron chi connectivity index (χ1n) is 12.2. The predicted octanol–water partition coefficient (Wildman–Crippen LogP) is 5.21. The number of benzene rings is 1. The minimum atomic E-state index is -3.16. The number of aryl methyl sites for hydroxylation is 1. The van der Waals surface area contributed by atoms with Crippen molar-refractivity contribution in [1.82, 2.24) is 9.80 Å². The van der Waals surface area contributed by atoms with Gasteiger partial charge in [0.2, 0.25) is 0 Å². The molecule has 0 aromatic heterocycles. The fraction of sp³-hybridized carbons (Fsp3) is 0.519. The van der Waals surface area contributed by atoms with Gasteiger partial charge in [0.1, 0.15) is 11.6 Å². The smallest absolute Gasteiger partial charge is 0.319 e. The number of methoxy groups -OCH3 is 2. The van der Waals surface area contributed by atoms with Crippen molar-refractivity contribution in [2.45, 2.75) is 57.5 Å². The average molecular weight is 525 g/mol. The normalized spacial score (nSPS) is 18.5. The second kappa shape index (κ2) is 13.8. The molecule has 0 spiro atoms. The third-order valence-electron chi connectivity index (χ3n) is 6.42. The van der Waals surface area contributed by atoms with Crippen LogP contribution in [0.25, 0.3) is 0 Å². The number of carbonyl (C=O) groups excluding carboxylic acids is 1. The van der Waals surface area contributed by atoms with Crippen molar-refractivity contribution in [3.8, 4) is 0 Å². The number of nitrogens with zero attached hydrogens (tertiary/aromatic N) is 3. The number of anilines is 1. The Morgan fingerprint density at radius 2 is 1.95 bits per heavy atom. The van der Waals surface area contributed by atoms with Gasteiger partial charge in [0.15, 0.2) is 0 Å². The quantitative estimate of drug-likeness (QED) is 0.218. The maximum Gasteiger partial charge on any atom is 0.319 e. The van der Waals surface area contributed by atoms with Crippen molar-refractivity contribution in [2.24, 2.45) is 4.99 Å². The van der Waals surface area contributed by atoms with Gasteiger partial charge in [-0.25, -0.2) is 4.39 Å². The van der Waals surface area contributed by atoms with E-state index in [0.29, 0.717) is 25.2 Å². The number of halogens is 3. The number of likely N-dealkylation sites (tertiary alicyclic amines) is 2. The summed E-state index contributed by atoms with van der Waals surface area (Å²) in [6.45, 7) is 13.0. The maximum atomic E-state index is 14.5. The standard InChI is InChI=1S/C25H33F3N4O.C2H4O2.H2/c1-6-18-8-9-21(20(26)16-18)30-22-12-15-32(23(22)7-2)19-10-13-31(14-11-19)17(3)29-24(33-5)25(4,27)28;1-4-2-3;/h8-9,16,19,22,30H,2-3,6,10-15H2,1,4-5H3;2H,1H3;1H/b29-24-;;/t22-;;/m0../s1. The molecule has 2 aliphatic heterocycles. The van der Waals surface area contributed by atoms with Gasteiger partial charge in [-0.2, -0.15) is 13.8 Å². The van der Waals surface area contributed by atoms with Crippen LogP contribution in [0.5, 0.6) is 0 Å². The molecular weight excluding hydrogens is 485 g/mol. The van der Waals surface area contributed by atoms with Gasteiger partial charge in [0.25, 0.3) is 12.4 Å². The molecule has 1 N–H and O–H groups in total. The molecule has 0 saturated carbocycles. The highest BCUT2D eigenvalue weighted by molar-refractivity contribution is 5.83. The Hall–Kier alpha value is -3.39. The first-order valence-corrected chi connectivity index (χ1v) is 12.2. The minimum Gasteiger partial charge on any atom is -0.480 e. The molecule has 2 aliphatic rings. The van der Waals surface area contributed by atoms with Crippen LogP contribution in [-0.4, -0.2) is 74.0 Å². The number of aliphatic imine (C=N–C) groups is 1. The second-order valence-electron chi connectivity index (χ2n) is 8.88. The van der Waals surface area contributed by atoms with E-state index in [9.17, 15) is 13.2 Å². The highest BCUT2D eigenvalue weighted by atomic mass is 19.3. The molecule has 1 atom stereocenters. The Bertz CT molecular complexity index is 1020. The van der Waals surface area contributed by atoms with Crippen LogP contribution < -0.4 is 5.32 Å². The van der Waals surface area contributed by atoms with Gasteiger partial charge in [-0.05, 0) is 43.4 Å². The Kier molecular flexibility index (Phi) is 11.1. The maximum absolute atomic E-state index is 14.5. The van der Waals surface area contributed by atoms with E-state index < -0.39 is 11.8 Å². The topological polar surface area (TPSA) is 66.4 Å². The van der Waals surface area contributed by atoms with Crippen LogP contribution in [0.4, 0.5) is 18.9 Å². The van der Waals surface area contributed by atoms with Gasteiger partial charge < -0.3 is 24.6 Å². The average Bonchev–Trinajstić information content (AvgIpc) is 3.30. The number of piperidine rings is 1. The number of hydrogen-bond donors (Lipinski definition) is 1. The summed E-state index contributed by atoms with van der Waals surface area (Å²) in [5.41, 5.74) is 5.45. The molecule has 3 rings (SSSR count). The number of ether oxygens (including phenoxy) is 2. The zero-order valence-corrected chi connectivity index (χ0v) is 22.0. The van der Waals surface area contributed by atoms with E-state index >= 15 is 0 Å². The van der Waals surface area contributed by atoms with E-state index in [1.807, 2.05) is 17.9 Å². The van der Waals surface area contributed by atoms with Crippen molar-refractivity contribution in [3.63, 3.8) is 0 Å². The molecule has 0 unspecified atom stereocenters. The van der Waals surface area contributed by atoms with Crippen molar-refractivity contribution >= 4 is 18.1 Å². The van der Waals surface area contributed by atoms with Crippen molar-refractivity contribution in [3.05, 3.63) is 60.0 Å². The lowest BCUT2D eigenvalue weighted by Gasteiger charge is -2.39. The van der Waals surface area contributed by atoms with Gasteiger partial charge >= 0.3 is 5.92 Å². The predicted molar refractivity (Wildman–Crippen MR) is 141 cm³/mol. The van der Waals surface area contributed by atoms with Crippen LogP contribution in [0, 0.1) is 5.82 Å². The molecule has 37 heavy (non-hydrogen) atoms. The zero-order chi connectivity index (χ0) is 27.6. The van der Waals surface area contributed by atoms with E-state index in [0.717, 1.165) is 50.4 Å². The van der Waals surface area contributed by atoms with Crippen molar-refractivity contribution in [2.75, 3.05) is 39.2 Å². The lowest BCUT2D eigenvalue weighted by molar-refractivity contribution is -0.126. The molecular formula is C27H39F3N4O3. The summed E-state index contributed by atoms with van der Waals surface area (Å²) >= 11 is 0. The fourth-order valence-corrected chi connectivity index (χ4v) is 4.50. The summed E-state index contributed by atoms with van der Waals surface area (Å²) in [6.07, 6.45) is 3.25. The number of alkyl halides is 2. The molecule has 1 aromatic rings. The first-order chi connectivity index (χ1) is 17.6. The van der Waals surface area contributed by atoms with Crippen LogP contribution in [0.15, 0.2) is 53.6 Å². The van der Waals surface area contributed by atoms with Crippen LogP contribution in [0.3, 0.4) is 0 Å². The molecule has 10 heteroatoms. The molecule has 0 aliphatic carbocycles. The van der Waals surface area contributed by atoms with Gasteiger partial charge in [0.05, 0.1) is 31.6 Å². The van der Waals surface area contributed by atoms with Crippen molar-refractivity contribution in [1.29, 1.82) is 0 Å². The SMILES string of the molecule is C=C=C1[C@@H](Nc2ccc(CC)cc2F)CCN1C1CCN(C(=C)/N=C(\OC)C(C)(F)F)CC1.COC=O.[HH]. The number of carbonyl (C=O) groups is 1. The van der Waals surface area contributed by atoms with E-state index in [2.05, 4.69) is 38.8 Å². The zero-order valence-electron chi connectivity index (χ0n) is 22.0. The summed E-state index contributed by atoms with van der Waals surface area (Å²) in [7, 11) is 2.49. The third-order valence-corrected chi connectivity index (χ3v) is 6.42. The molecule has 0 radical (unpaired) electrons. The van der Waals surface area contributed by atoms with Gasteiger partial charge in [0, 0.05) is 34.0 Å². The largest absolute Gasteiger partial charge is 0.480 e. The Morgan fingerprint density at radius 3 is 2.43 bits per heavy atom. The van der Waals surface area contributed by atoms with E-state index in [4.69, 9.17) is 9.53 Å². The lowest BCUT2D eigenvalue weighted by Crippen LogP contribution is -2.43.